The van der Waals surface area contributed by atoms with Crippen LogP contribution in [-0.2, 0) is 21.4 Å². The molecule has 4 rings (SSSR count). The van der Waals surface area contributed by atoms with Crippen molar-refractivity contribution >= 4 is 17.2 Å². The molecule has 1 saturated heterocycles. The zero-order valence-corrected chi connectivity index (χ0v) is 20.5. The monoisotopic (exact) mass is 464 g/mol. The van der Waals surface area contributed by atoms with Crippen LogP contribution in [0.5, 0.6) is 5.75 Å². The Hall–Kier alpha value is -2.70. The predicted octanol–water partition coefficient (Wildman–Crippen LogP) is 5.23. The van der Waals surface area contributed by atoms with Crippen LogP contribution in [0.1, 0.15) is 40.8 Å². The minimum atomic E-state index is -0.123. The van der Waals surface area contributed by atoms with Gasteiger partial charge in [0, 0.05) is 35.6 Å². The lowest BCUT2D eigenvalue weighted by molar-refractivity contribution is -0.120. The Morgan fingerprint density at radius 3 is 2.45 bits per heavy atom. The number of carbonyl (C=O) groups is 1. The van der Waals surface area contributed by atoms with Gasteiger partial charge in [-0.3, -0.25) is 4.79 Å². The molecule has 2 aromatic carbocycles. The summed E-state index contributed by atoms with van der Waals surface area (Å²) in [5, 5.41) is 4.21. The number of ether oxygens (including phenoxy) is 2. The molecule has 0 saturated carbocycles. The summed E-state index contributed by atoms with van der Waals surface area (Å²) >= 11 is 1.60. The standard InChI is InChI=1S/C27H32N2O3S/c1-4-32-23-11-9-22(10-12-23)27(13-15-31-16-14-27)18-28-25(30)17-24-26(29-20(3)33-24)21-7-5-19(2)6-8-21/h5-12H,4,13-18H2,1-3H3,(H,28,30). The van der Waals surface area contributed by atoms with Gasteiger partial charge in [0.05, 0.1) is 23.7 Å². The van der Waals surface area contributed by atoms with E-state index < -0.39 is 0 Å². The molecule has 0 bridgehead atoms. The molecule has 174 valence electrons. The third-order valence-electron chi connectivity index (χ3n) is 6.30. The molecular weight excluding hydrogens is 432 g/mol. The van der Waals surface area contributed by atoms with Crippen molar-refractivity contribution in [1.29, 1.82) is 0 Å². The summed E-state index contributed by atoms with van der Waals surface area (Å²) in [6.07, 6.45) is 2.11. The summed E-state index contributed by atoms with van der Waals surface area (Å²) in [4.78, 5) is 18.7. The fraction of sp³-hybridized carbons (Fsp3) is 0.407. The number of amides is 1. The van der Waals surface area contributed by atoms with Crippen molar-refractivity contribution in [2.75, 3.05) is 26.4 Å². The molecule has 0 unspecified atom stereocenters. The van der Waals surface area contributed by atoms with Gasteiger partial charge in [0.1, 0.15) is 5.75 Å². The average Bonchev–Trinajstić information content (AvgIpc) is 3.19. The van der Waals surface area contributed by atoms with E-state index in [4.69, 9.17) is 14.5 Å². The van der Waals surface area contributed by atoms with Crippen molar-refractivity contribution in [3.63, 3.8) is 0 Å². The summed E-state index contributed by atoms with van der Waals surface area (Å²) in [6, 6.07) is 16.6. The van der Waals surface area contributed by atoms with E-state index in [1.165, 1.54) is 11.1 Å². The summed E-state index contributed by atoms with van der Waals surface area (Å²) in [7, 11) is 0. The van der Waals surface area contributed by atoms with E-state index in [1.807, 2.05) is 26.0 Å². The fourth-order valence-electron chi connectivity index (χ4n) is 4.40. The van der Waals surface area contributed by atoms with Crippen molar-refractivity contribution in [3.8, 4) is 17.0 Å². The van der Waals surface area contributed by atoms with Crippen LogP contribution in [0.3, 0.4) is 0 Å². The lowest BCUT2D eigenvalue weighted by Crippen LogP contribution is -2.45. The molecular formula is C27H32N2O3S. The van der Waals surface area contributed by atoms with E-state index in [0.29, 0.717) is 32.8 Å². The molecule has 3 aromatic rings. The van der Waals surface area contributed by atoms with Gasteiger partial charge >= 0.3 is 0 Å². The topological polar surface area (TPSA) is 60.5 Å². The van der Waals surface area contributed by atoms with E-state index in [1.54, 1.807) is 11.3 Å². The molecule has 33 heavy (non-hydrogen) atoms. The molecule has 0 radical (unpaired) electrons. The second kappa shape index (κ2) is 10.5. The van der Waals surface area contributed by atoms with E-state index in [-0.39, 0.29) is 11.3 Å². The molecule has 0 aliphatic carbocycles. The molecule has 0 atom stereocenters. The van der Waals surface area contributed by atoms with Crippen LogP contribution in [-0.4, -0.2) is 37.3 Å². The van der Waals surface area contributed by atoms with Gasteiger partial charge in [-0.2, -0.15) is 0 Å². The van der Waals surface area contributed by atoms with Gasteiger partial charge in [0.15, 0.2) is 0 Å². The average molecular weight is 465 g/mol. The summed E-state index contributed by atoms with van der Waals surface area (Å²) in [5.74, 6) is 0.903. The summed E-state index contributed by atoms with van der Waals surface area (Å²) < 4.78 is 11.2. The third-order valence-corrected chi connectivity index (χ3v) is 7.27. The Bertz CT molecular complexity index is 1070. The van der Waals surface area contributed by atoms with Crippen LogP contribution in [0.2, 0.25) is 0 Å². The minimum absolute atomic E-state index is 0.0313. The van der Waals surface area contributed by atoms with E-state index in [2.05, 4.69) is 48.6 Å². The van der Waals surface area contributed by atoms with Crippen LogP contribution in [0, 0.1) is 13.8 Å². The molecule has 1 fully saturated rings. The van der Waals surface area contributed by atoms with Crippen molar-refractivity contribution < 1.29 is 14.3 Å². The number of rotatable bonds is 8. The molecule has 1 N–H and O–H groups in total. The highest BCUT2D eigenvalue weighted by atomic mass is 32.1. The molecule has 1 aliphatic rings. The largest absolute Gasteiger partial charge is 0.494 e. The number of nitrogens with zero attached hydrogens (tertiary/aromatic N) is 1. The molecule has 1 amide bonds. The second-order valence-corrected chi connectivity index (χ2v) is 9.96. The molecule has 5 nitrogen and oxygen atoms in total. The fourth-order valence-corrected chi connectivity index (χ4v) is 5.36. The van der Waals surface area contributed by atoms with Crippen LogP contribution in [0.15, 0.2) is 48.5 Å². The van der Waals surface area contributed by atoms with E-state index in [0.717, 1.165) is 39.7 Å². The molecule has 1 aromatic heterocycles. The Kier molecular flexibility index (Phi) is 7.46. The number of aromatic nitrogens is 1. The Balaban J connectivity index is 1.47. The number of aryl methyl sites for hydroxylation is 2. The maximum absolute atomic E-state index is 13.0. The zero-order chi connectivity index (χ0) is 23.3. The van der Waals surface area contributed by atoms with Crippen LogP contribution in [0.25, 0.3) is 11.3 Å². The van der Waals surface area contributed by atoms with Gasteiger partial charge in [-0.1, -0.05) is 42.0 Å². The van der Waals surface area contributed by atoms with Gasteiger partial charge in [0.2, 0.25) is 5.91 Å². The first-order valence-corrected chi connectivity index (χ1v) is 12.4. The SMILES string of the molecule is CCOc1ccc(C2(CNC(=O)Cc3sc(C)nc3-c3ccc(C)cc3)CCOCC2)cc1. The van der Waals surface area contributed by atoms with Gasteiger partial charge in [-0.25, -0.2) is 4.98 Å². The van der Waals surface area contributed by atoms with Crippen LogP contribution < -0.4 is 10.1 Å². The Labute approximate surface area is 200 Å². The molecule has 2 heterocycles. The zero-order valence-electron chi connectivity index (χ0n) is 19.6. The highest BCUT2D eigenvalue weighted by molar-refractivity contribution is 7.12. The number of hydrogen-bond acceptors (Lipinski definition) is 5. The van der Waals surface area contributed by atoms with Crippen molar-refractivity contribution in [1.82, 2.24) is 10.3 Å². The van der Waals surface area contributed by atoms with E-state index >= 15 is 0 Å². The maximum Gasteiger partial charge on any atom is 0.225 e. The highest BCUT2D eigenvalue weighted by Crippen LogP contribution is 2.35. The van der Waals surface area contributed by atoms with Gasteiger partial charge < -0.3 is 14.8 Å². The Morgan fingerprint density at radius 2 is 1.79 bits per heavy atom. The maximum atomic E-state index is 13.0. The first kappa shape index (κ1) is 23.5. The first-order valence-electron chi connectivity index (χ1n) is 11.6. The number of thiazole rings is 1. The highest BCUT2D eigenvalue weighted by Gasteiger charge is 2.35. The molecule has 0 spiro atoms. The first-order chi connectivity index (χ1) is 16.0. The van der Waals surface area contributed by atoms with Crippen molar-refractivity contribution in [3.05, 3.63) is 69.5 Å². The molecule has 6 heteroatoms. The number of hydrogen-bond donors (Lipinski definition) is 1. The van der Waals surface area contributed by atoms with Crippen LogP contribution >= 0.6 is 11.3 Å². The number of benzene rings is 2. The second-order valence-electron chi connectivity index (χ2n) is 8.67. The summed E-state index contributed by atoms with van der Waals surface area (Å²) in [5.41, 5.74) is 4.29. The van der Waals surface area contributed by atoms with Gasteiger partial charge in [-0.05, 0) is 51.3 Å². The lowest BCUT2D eigenvalue weighted by Gasteiger charge is -2.38. The number of carbonyl (C=O) groups excluding carboxylic acids is 1. The molecule has 1 aliphatic heterocycles. The van der Waals surface area contributed by atoms with E-state index in [9.17, 15) is 4.79 Å². The lowest BCUT2D eigenvalue weighted by atomic mass is 9.74. The van der Waals surface area contributed by atoms with Crippen LogP contribution in [0.4, 0.5) is 0 Å². The quantitative estimate of drug-likeness (QED) is 0.496. The minimum Gasteiger partial charge on any atom is -0.494 e. The van der Waals surface area contributed by atoms with Gasteiger partial charge in [0.25, 0.3) is 0 Å². The predicted molar refractivity (Wildman–Crippen MR) is 133 cm³/mol. The van der Waals surface area contributed by atoms with Crippen molar-refractivity contribution in [2.45, 2.75) is 45.4 Å². The number of nitrogens with one attached hydrogen (secondary N) is 1. The third kappa shape index (κ3) is 5.63. The summed E-state index contributed by atoms with van der Waals surface area (Å²) in [6.45, 7) is 8.70. The van der Waals surface area contributed by atoms with Crippen molar-refractivity contribution in [2.24, 2.45) is 0 Å². The smallest absolute Gasteiger partial charge is 0.225 e. The van der Waals surface area contributed by atoms with Gasteiger partial charge in [-0.15, -0.1) is 11.3 Å². The normalized spacial score (nSPS) is 15.2. The Morgan fingerprint density at radius 1 is 1.09 bits per heavy atom.